The molecule has 2 aliphatic heterocycles. The van der Waals surface area contributed by atoms with Gasteiger partial charge in [0.15, 0.2) is 12.6 Å². The average molecular weight is 970 g/mol. The Kier molecular flexibility index (Phi) is 37.4. The van der Waals surface area contributed by atoms with E-state index in [1.165, 1.54) is 128 Å². The summed E-state index contributed by atoms with van der Waals surface area (Å²) < 4.78 is 22.5. The van der Waals surface area contributed by atoms with Gasteiger partial charge in [0, 0.05) is 6.42 Å². The molecule has 0 aromatic rings. The molecule has 0 aromatic carbocycles. The topological polar surface area (TPSA) is 228 Å². The van der Waals surface area contributed by atoms with Gasteiger partial charge in [0.05, 0.1) is 32.0 Å². The van der Waals surface area contributed by atoms with E-state index in [0.717, 1.165) is 44.9 Å². The summed E-state index contributed by atoms with van der Waals surface area (Å²) in [5.41, 5.74) is 0. The molecule has 2 heterocycles. The van der Waals surface area contributed by atoms with Crippen molar-refractivity contribution in [2.24, 2.45) is 0 Å². The Morgan fingerprint density at radius 1 is 0.515 bits per heavy atom. The number of ether oxygens (including phenoxy) is 4. The third kappa shape index (κ3) is 27.1. The molecule has 12 unspecified atom stereocenters. The van der Waals surface area contributed by atoms with Crippen molar-refractivity contribution in [1.82, 2.24) is 5.32 Å². The highest BCUT2D eigenvalue weighted by atomic mass is 16.7. The second-order valence-electron chi connectivity index (χ2n) is 19.3. The molecule has 0 bridgehead atoms. The Morgan fingerprint density at radius 3 is 1.44 bits per heavy atom. The second-order valence-corrected chi connectivity index (χ2v) is 19.3. The van der Waals surface area contributed by atoms with E-state index in [9.17, 15) is 45.6 Å². The number of hydrogen-bond donors (Lipinski definition) is 9. The Hall–Kier alpha value is -1.79. The molecule has 9 N–H and O–H groups in total. The van der Waals surface area contributed by atoms with Gasteiger partial charge in [0.1, 0.15) is 48.8 Å². The van der Waals surface area contributed by atoms with Gasteiger partial charge in [-0.2, -0.15) is 0 Å². The summed E-state index contributed by atoms with van der Waals surface area (Å²) in [5, 5.41) is 86.2. The third-order valence-corrected chi connectivity index (χ3v) is 13.3. The van der Waals surface area contributed by atoms with Crippen LogP contribution in [0.15, 0.2) is 36.5 Å². The fourth-order valence-corrected chi connectivity index (χ4v) is 8.85. The molecule has 398 valence electrons. The van der Waals surface area contributed by atoms with Crippen LogP contribution in [0.5, 0.6) is 0 Å². The van der Waals surface area contributed by atoms with Crippen molar-refractivity contribution in [2.75, 3.05) is 19.8 Å². The number of aliphatic hydroxyl groups excluding tert-OH is 8. The first-order valence-corrected chi connectivity index (χ1v) is 27.2. The first-order valence-electron chi connectivity index (χ1n) is 27.2. The van der Waals surface area contributed by atoms with Crippen LogP contribution in [0.3, 0.4) is 0 Å². The van der Waals surface area contributed by atoms with E-state index < -0.39 is 86.8 Å². The van der Waals surface area contributed by atoms with Gasteiger partial charge in [-0.3, -0.25) is 4.79 Å². The minimum atomic E-state index is -1.79. The molecule has 14 nitrogen and oxygen atoms in total. The molecule has 0 radical (unpaired) electrons. The summed E-state index contributed by atoms with van der Waals surface area (Å²) in [4.78, 5) is 12.9. The van der Waals surface area contributed by atoms with Gasteiger partial charge in [0.2, 0.25) is 5.91 Å². The number of nitrogens with one attached hydrogen (secondary N) is 1. The fourth-order valence-electron chi connectivity index (χ4n) is 8.85. The van der Waals surface area contributed by atoms with Crippen molar-refractivity contribution >= 4 is 5.91 Å². The predicted octanol–water partition coefficient (Wildman–Crippen LogP) is 7.88. The fraction of sp³-hybridized carbons (Fsp3) is 0.870. The molecule has 2 fully saturated rings. The first kappa shape index (κ1) is 62.3. The van der Waals surface area contributed by atoms with Crippen LogP contribution in [-0.4, -0.2) is 140 Å². The van der Waals surface area contributed by atoms with Crippen LogP contribution in [0.4, 0.5) is 0 Å². The van der Waals surface area contributed by atoms with Crippen molar-refractivity contribution < 1.29 is 64.6 Å². The van der Waals surface area contributed by atoms with E-state index in [2.05, 4.69) is 43.5 Å². The number of rotatable bonds is 42. The maximum absolute atomic E-state index is 12.9. The lowest BCUT2D eigenvalue weighted by molar-refractivity contribution is -0.359. The highest BCUT2D eigenvalue weighted by molar-refractivity contribution is 5.76. The van der Waals surface area contributed by atoms with Crippen molar-refractivity contribution in [3.8, 4) is 0 Å². The van der Waals surface area contributed by atoms with Crippen LogP contribution in [0.25, 0.3) is 0 Å². The zero-order valence-corrected chi connectivity index (χ0v) is 42.3. The van der Waals surface area contributed by atoms with Gasteiger partial charge < -0.3 is 65.1 Å². The molecule has 0 saturated carbocycles. The van der Waals surface area contributed by atoms with Crippen LogP contribution < -0.4 is 5.32 Å². The Morgan fingerprint density at radius 2 is 0.941 bits per heavy atom. The van der Waals surface area contributed by atoms with Crippen molar-refractivity contribution in [2.45, 2.75) is 280 Å². The van der Waals surface area contributed by atoms with Crippen LogP contribution >= 0.6 is 0 Å². The van der Waals surface area contributed by atoms with Crippen molar-refractivity contribution in [3.05, 3.63) is 36.5 Å². The van der Waals surface area contributed by atoms with E-state index >= 15 is 0 Å². The van der Waals surface area contributed by atoms with Gasteiger partial charge >= 0.3 is 0 Å². The summed E-state index contributed by atoms with van der Waals surface area (Å²) >= 11 is 0. The van der Waals surface area contributed by atoms with E-state index in [-0.39, 0.29) is 18.9 Å². The molecule has 2 saturated heterocycles. The zero-order valence-electron chi connectivity index (χ0n) is 42.3. The number of amides is 1. The Labute approximate surface area is 411 Å². The van der Waals surface area contributed by atoms with E-state index in [1.807, 2.05) is 6.08 Å². The van der Waals surface area contributed by atoms with Crippen LogP contribution in [0.1, 0.15) is 206 Å². The van der Waals surface area contributed by atoms with E-state index in [1.54, 1.807) is 6.08 Å². The molecule has 2 aliphatic rings. The largest absolute Gasteiger partial charge is 0.394 e. The van der Waals surface area contributed by atoms with Crippen LogP contribution in [0.2, 0.25) is 0 Å². The molecular formula is C54H99NO13. The molecule has 1 amide bonds. The van der Waals surface area contributed by atoms with Gasteiger partial charge in [-0.1, -0.05) is 192 Å². The normalized spacial score (nSPS) is 26.6. The van der Waals surface area contributed by atoms with E-state index in [4.69, 9.17) is 18.9 Å². The molecule has 2 rings (SSSR count). The number of allylic oxidation sites excluding steroid dienone is 5. The maximum Gasteiger partial charge on any atom is 0.220 e. The van der Waals surface area contributed by atoms with Crippen molar-refractivity contribution in [1.29, 1.82) is 0 Å². The molecule has 12 atom stereocenters. The summed E-state index contributed by atoms with van der Waals surface area (Å²) in [6, 6.07) is -0.931. The quantitative estimate of drug-likeness (QED) is 0.0210. The lowest BCUT2D eigenvalue weighted by atomic mass is 9.97. The second kappa shape index (κ2) is 40.8. The summed E-state index contributed by atoms with van der Waals surface area (Å²) in [6.07, 6.45) is 31.6. The zero-order chi connectivity index (χ0) is 49.6. The SMILES string of the molecule is CCCCCCCCCCCCCCCCCCCCCC/C=C/CC/C=C/CC/C=C/C(O)C(COC1OC(CO)C(OC2OC(CO)C(O)C(O)C2O)C(O)C1O)NC(=O)CCCCCC. The number of hydrogen-bond acceptors (Lipinski definition) is 13. The molecule has 68 heavy (non-hydrogen) atoms. The summed E-state index contributed by atoms with van der Waals surface area (Å²) in [7, 11) is 0. The van der Waals surface area contributed by atoms with E-state index in [0.29, 0.717) is 12.8 Å². The first-order chi connectivity index (χ1) is 33.1. The smallest absolute Gasteiger partial charge is 0.220 e. The molecular weight excluding hydrogens is 871 g/mol. The van der Waals surface area contributed by atoms with Crippen LogP contribution in [0, 0.1) is 0 Å². The Bertz CT molecular complexity index is 1280. The van der Waals surface area contributed by atoms with Gasteiger partial charge in [0.25, 0.3) is 0 Å². The maximum atomic E-state index is 12.9. The number of carbonyl (C=O) groups is 1. The van der Waals surface area contributed by atoms with Gasteiger partial charge in [-0.15, -0.1) is 0 Å². The lowest BCUT2D eigenvalue weighted by Crippen LogP contribution is -2.65. The standard InChI is InChI=1S/C54H99NO13/c1-3-5-7-9-10-11-12-13-14-15-16-17-18-19-20-21-22-23-24-25-26-27-28-29-30-31-32-33-34-35-37-43(58)42(55-46(59)38-36-8-6-4-2)41-65-53-51(64)49(62)52(45(40-57)67-53)68-54-50(63)48(61)47(60)44(39-56)66-54/h27-28,31-32,35,37,42-45,47-54,56-58,60-64H,3-26,29-30,33-34,36,38-41H2,1-2H3,(H,55,59)/b28-27+,32-31+,37-35+. The monoisotopic (exact) mass is 970 g/mol. The predicted molar refractivity (Wildman–Crippen MR) is 268 cm³/mol. The summed E-state index contributed by atoms with van der Waals surface area (Å²) in [5.74, 6) is -0.272. The van der Waals surface area contributed by atoms with Gasteiger partial charge in [-0.25, -0.2) is 0 Å². The highest BCUT2D eigenvalue weighted by Crippen LogP contribution is 2.30. The van der Waals surface area contributed by atoms with Gasteiger partial charge in [-0.05, 0) is 44.9 Å². The number of carbonyl (C=O) groups excluding carboxylic acids is 1. The number of aliphatic hydroxyl groups is 8. The third-order valence-electron chi connectivity index (χ3n) is 13.3. The number of unbranched alkanes of at least 4 members (excludes halogenated alkanes) is 25. The summed E-state index contributed by atoms with van der Waals surface area (Å²) in [6.45, 7) is 2.62. The minimum Gasteiger partial charge on any atom is -0.394 e. The molecule has 0 aliphatic carbocycles. The molecule has 0 spiro atoms. The Balaban J connectivity index is 1.64. The highest BCUT2D eigenvalue weighted by Gasteiger charge is 2.51. The van der Waals surface area contributed by atoms with Crippen molar-refractivity contribution in [3.63, 3.8) is 0 Å². The minimum absolute atomic E-state index is 0.261. The molecule has 14 heteroatoms. The van der Waals surface area contributed by atoms with Crippen LogP contribution in [-0.2, 0) is 23.7 Å². The lowest BCUT2D eigenvalue weighted by Gasteiger charge is -2.46. The average Bonchev–Trinajstić information content (AvgIpc) is 3.34. The molecule has 0 aromatic heterocycles.